The van der Waals surface area contributed by atoms with Crippen LogP contribution in [0.25, 0.3) is 0 Å². The molecular formula is C11H8Cl2N2O. The molecule has 1 aromatic heterocycles. The number of pyridine rings is 1. The molecule has 82 valence electrons. The normalized spacial score (nSPS) is 10.1. The third kappa shape index (κ3) is 2.56. The van der Waals surface area contributed by atoms with Crippen LogP contribution in [0.3, 0.4) is 0 Å². The monoisotopic (exact) mass is 254 g/mol. The average molecular weight is 255 g/mol. The predicted molar refractivity (Wildman–Crippen MR) is 65.2 cm³/mol. The SMILES string of the molecule is Nc1cc(Oc2ccc(Cl)c(Cl)c2)ccn1. The van der Waals surface area contributed by atoms with E-state index in [0.717, 1.165) is 0 Å². The van der Waals surface area contributed by atoms with Crippen LogP contribution in [0.2, 0.25) is 10.0 Å². The maximum absolute atomic E-state index is 5.86. The van der Waals surface area contributed by atoms with Gasteiger partial charge in [0.1, 0.15) is 17.3 Å². The zero-order valence-corrected chi connectivity index (χ0v) is 9.66. The number of halogens is 2. The van der Waals surface area contributed by atoms with E-state index < -0.39 is 0 Å². The van der Waals surface area contributed by atoms with E-state index in [2.05, 4.69) is 4.98 Å². The lowest BCUT2D eigenvalue weighted by molar-refractivity contribution is 0.482. The smallest absolute Gasteiger partial charge is 0.132 e. The molecular weight excluding hydrogens is 247 g/mol. The van der Waals surface area contributed by atoms with Gasteiger partial charge in [0.25, 0.3) is 0 Å². The zero-order chi connectivity index (χ0) is 11.5. The third-order valence-corrected chi connectivity index (χ3v) is 2.62. The highest BCUT2D eigenvalue weighted by Gasteiger charge is 2.02. The van der Waals surface area contributed by atoms with Crippen molar-refractivity contribution >= 4 is 29.0 Å². The maximum Gasteiger partial charge on any atom is 0.132 e. The van der Waals surface area contributed by atoms with Gasteiger partial charge < -0.3 is 10.5 Å². The number of nitrogens with zero attached hydrogens (tertiary/aromatic N) is 1. The number of nitrogens with two attached hydrogens (primary N) is 1. The highest BCUT2D eigenvalue weighted by molar-refractivity contribution is 6.42. The van der Waals surface area contributed by atoms with E-state index in [9.17, 15) is 0 Å². The Balaban J connectivity index is 2.24. The van der Waals surface area contributed by atoms with Gasteiger partial charge in [0.05, 0.1) is 10.0 Å². The quantitative estimate of drug-likeness (QED) is 0.888. The summed E-state index contributed by atoms with van der Waals surface area (Å²) in [7, 11) is 0. The summed E-state index contributed by atoms with van der Waals surface area (Å²) >= 11 is 11.7. The molecule has 0 aliphatic heterocycles. The van der Waals surface area contributed by atoms with E-state index in [0.29, 0.717) is 27.4 Å². The molecule has 0 saturated heterocycles. The van der Waals surface area contributed by atoms with E-state index in [1.807, 2.05) is 0 Å². The van der Waals surface area contributed by atoms with Crippen molar-refractivity contribution in [3.63, 3.8) is 0 Å². The summed E-state index contributed by atoms with van der Waals surface area (Å²) in [6, 6.07) is 8.37. The van der Waals surface area contributed by atoms with Crippen LogP contribution in [0.1, 0.15) is 0 Å². The van der Waals surface area contributed by atoms with Crippen LogP contribution in [0, 0.1) is 0 Å². The molecule has 0 radical (unpaired) electrons. The fraction of sp³-hybridized carbons (Fsp3) is 0. The zero-order valence-electron chi connectivity index (χ0n) is 8.15. The van der Waals surface area contributed by atoms with Crippen molar-refractivity contribution in [2.24, 2.45) is 0 Å². The van der Waals surface area contributed by atoms with E-state index in [1.54, 1.807) is 36.5 Å². The summed E-state index contributed by atoms with van der Waals surface area (Å²) in [5.41, 5.74) is 5.53. The van der Waals surface area contributed by atoms with Gasteiger partial charge in [-0.3, -0.25) is 0 Å². The summed E-state index contributed by atoms with van der Waals surface area (Å²) in [4.78, 5) is 3.86. The third-order valence-electron chi connectivity index (χ3n) is 1.88. The van der Waals surface area contributed by atoms with E-state index in [-0.39, 0.29) is 0 Å². The van der Waals surface area contributed by atoms with Crippen molar-refractivity contribution in [2.45, 2.75) is 0 Å². The molecule has 16 heavy (non-hydrogen) atoms. The largest absolute Gasteiger partial charge is 0.457 e. The summed E-state index contributed by atoms with van der Waals surface area (Å²) < 4.78 is 5.53. The van der Waals surface area contributed by atoms with Crippen molar-refractivity contribution in [3.8, 4) is 11.5 Å². The Morgan fingerprint density at radius 1 is 1.00 bits per heavy atom. The fourth-order valence-electron chi connectivity index (χ4n) is 1.17. The second kappa shape index (κ2) is 4.60. The summed E-state index contributed by atoms with van der Waals surface area (Å²) in [6.45, 7) is 0. The Morgan fingerprint density at radius 2 is 1.75 bits per heavy atom. The van der Waals surface area contributed by atoms with Crippen LogP contribution in [0.4, 0.5) is 5.82 Å². The number of ether oxygens (including phenoxy) is 1. The van der Waals surface area contributed by atoms with Gasteiger partial charge in [-0.25, -0.2) is 4.98 Å². The summed E-state index contributed by atoms with van der Waals surface area (Å²) in [5.74, 6) is 1.60. The minimum absolute atomic E-state index is 0.401. The van der Waals surface area contributed by atoms with Crippen molar-refractivity contribution in [3.05, 3.63) is 46.6 Å². The minimum Gasteiger partial charge on any atom is -0.457 e. The second-order valence-corrected chi connectivity index (χ2v) is 3.91. The van der Waals surface area contributed by atoms with Crippen molar-refractivity contribution in [1.29, 1.82) is 0 Å². The molecule has 0 amide bonds. The number of benzene rings is 1. The number of hydrogen-bond acceptors (Lipinski definition) is 3. The van der Waals surface area contributed by atoms with Crippen LogP contribution >= 0.6 is 23.2 Å². The Bertz CT molecular complexity index is 517. The standard InChI is InChI=1S/C11H8Cl2N2O/c12-9-2-1-7(5-10(9)13)16-8-3-4-15-11(14)6-8/h1-6H,(H2,14,15). The van der Waals surface area contributed by atoms with Crippen molar-refractivity contribution in [2.75, 3.05) is 5.73 Å². The average Bonchev–Trinajstić information content (AvgIpc) is 2.24. The lowest BCUT2D eigenvalue weighted by atomic mass is 10.3. The molecule has 0 fully saturated rings. The molecule has 1 heterocycles. The van der Waals surface area contributed by atoms with Crippen LogP contribution in [0.15, 0.2) is 36.5 Å². The highest BCUT2D eigenvalue weighted by atomic mass is 35.5. The number of aromatic nitrogens is 1. The Kier molecular flexibility index (Phi) is 3.17. The van der Waals surface area contributed by atoms with Crippen LogP contribution in [-0.4, -0.2) is 4.98 Å². The van der Waals surface area contributed by atoms with E-state index >= 15 is 0 Å². The maximum atomic E-state index is 5.86. The van der Waals surface area contributed by atoms with Crippen LogP contribution in [0.5, 0.6) is 11.5 Å². The summed E-state index contributed by atoms with van der Waals surface area (Å²) in [6.07, 6.45) is 1.57. The van der Waals surface area contributed by atoms with Gasteiger partial charge >= 0.3 is 0 Å². The molecule has 0 saturated carbocycles. The topological polar surface area (TPSA) is 48.1 Å². The number of nitrogen functional groups attached to an aromatic ring is 1. The Morgan fingerprint density at radius 3 is 2.44 bits per heavy atom. The molecule has 0 spiro atoms. The first-order valence-electron chi connectivity index (χ1n) is 4.49. The molecule has 3 nitrogen and oxygen atoms in total. The van der Waals surface area contributed by atoms with Crippen LogP contribution in [-0.2, 0) is 0 Å². The molecule has 2 aromatic rings. The van der Waals surface area contributed by atoms with Crippen molar-refractivity contribution in [1.82, 2.24) is 4.98 Å². The van der Waals surface area contributed by atoms with E-state index in [1.165, 1.54) is 0 Å². The first-order chi connectivity index (χ1) is 7.65. The Labute approximate surface area is 103 Å². The molecule has 5 heteroatoms. The molecule has 1 aromatic carbocycles. The first kappa shape index (κ1) is 11.0. The lowest BCUT2D eigenvalue weighted by Crippen LogP contribution is -1.90. The number of hydrogen-bond donors (Lipinski definition) is 1. The van der Waals surface area contributed by atoms with Crippen LogP contribution < -0.4 is 10.5 Å². The van der Waals surface area contributed by atoms with Gasteiger partial charge in [-0.05, 0) is 18.2 Å². The minimum atomic E-state index is 0.401. The molecule has 0 bridgehead atoms. The lowest BCUT2D eigenvalue weighted by Gasteiger charge is -2.06. The predicted octanol–water partition coefficient (Wildman–Crippen LogP) is 3.76. The summed E-state index contributed by atoms with van der Waals surface area (Å²) in [5, 5.41) is 0.935. The molecule has 2 N–H and O–H groups in total. The first-order valence-corrected chi connectivity index (χ1v) is 5.25. The molecule has 0 atom stereocenters. The highest BCUT2D eigenvalue weighted by Crippen LogP contribution is 2.29. The molecule has 0 aliphatic carbocycles. The number of anilines is 1. The number of rotatable bonds is 2. The Hall–Kier alpha value is -1.45. The fourth-order valence-corrected chi connectivity index (χ4v) is 1.46. The van der Waals surface area contributed by atoms with Gasteiger partial charge in [-0.1, -0.05) is 23.2 Å². The van der Waals surface area contributed by atoms with Gasteiger partial charge in [0.2, 0.25) is 0 Å². The van der Waals surface area contributed by atoms with Gasteiger partial charge in [0, 0.05) is 18.3 Å². The molecule has 0 unspecified atom stereocenters. The van der Waals surface area contributed by atoms with Gasteiger partial charge in [0.15, 0.2) is 0 Å². The molecule has 0 aliphatic rings. The van der Waals surface area contributed by atoms with Gasteiger partial charge in [-0.15, -0.1) is 0 Å². The molecule has 2 rings (SSSR count). The van der Waals surface area contributed by atoms with Crippen molar-refractivity contribution < 1.29 is 4.74 Å². The second-order valence-electron chi connectivity index (χ2n) is 3.09. The van der Waals surface area contributed by atoms with Gasteiger partial charge in [-0.2, -0.15) is 0 Å². The van der Waals surface area contributed by atoms with E-state index in [4.69, 9.17) is 33.7 Å².